The van der Waals surface area contributed by atoms with Gasteiger partial charge in [-0.25, -0.2) is 0 Å². The Hall–Kier alpha value is -3.07. The predicted molar refractivity (Wildman–Crippen MR) is 103 cm³/mol. The van der Waals surface area contributed by atoms with Gasteiger partial charge in [-0.1, -0.05) is 0 Å². The Morgan fingerprint density at radius 3 is 2.48 bits per heavy atom. The third-order valence-corrected chi connectivity index (χ3v) is 6.56. The van der Waals surface area contributed by atoms with Gasteiger partial charge in [-0.2, -0.15) is 0 Å². The Morgan fingerprint density at radius 2 is 1.89 bits per heavy atom. The maximum absolute atomic E-state index is 11.3. The Labute approximate surface area is 162 Å². The van der Waals surface area contributed by atoms with E-state index in [9.17, 15) is 9.90 Å². The maximum atomic E-state index is 11.3. The standard InChI is InChI=1S/C20H16N2O4Se/c1-11-18(20(23)24)27-19(22-11)12-5-7-14(16(9-12)21-2)15-8-6-13(25-3)10-17(15)26-4/h5-10H,1,3-4H3,(H,23,24). The van der Waals surface area contributed by atoms with Crippen molar-refractivity contribution in [2.45, 2.75) is 6.92 Å². The first-order valence-electron chi connectivity index (χ1n) is 7.93. The molecular weight excluding hydrogens is 411 g/mol. The van der Waals surface area contributed by atoms with Gasteiger partial charge in [0.05, 0.1) is 0 Å². The van der Waals surface area contributed by atoms with Crippen LogP contribution in [-0.2, 0) is 0 Å². The second-order valence-electron chi connectivity index (χ2n) is 5.65. The zero-order valence-corrected chi connectivity index (χ0v) is 16.7. The average Bonchev–Trinajstić information content (AvgIpc) is 3.09. The second kappa shape index (κ2) is 7.66. The Bertz CT molecular complexity index is 1070. The number of aromatic nitrogens is 1. The molecule has 0 radical (unpaired) electrons. The summed E-state index contributed by atoms with van der Waals surface area (Å²) in [6.45, 7) is 9.27. The van der Waals surface area contributed by atoms with E-state index in [1.54, 1.807) is 33.3 Å². The Balaban J connectivity index is 2.10. The molecule has 3 aromatic rings. The molecule has 0 fully saturated rings. The van der Waals surface area contributed by atoms with Gasteiger partial charge in [0.15, 0.2) is 0 Å². The van der Waals surface area contributed by atoms with Crippen LogP contribution in [0.2, 0.25) is 0 Å². The summed E-state index contributed by atoms with van der Waals surface area (Å²) in [5.41, 5.74) is 3.28. The fraction of sp³-hybridized carbons (Fsp3) is 0.150. The first kappa shape index (κ1) is 18.7. The predicted octanol–water partition coefficient (Wildman–Crippen LogP) is 4.05. The molecule has 0 spiro atoms. The van der Waals surface area contributed by atoms with Crippen molar-refractivity contribution in [3.05, 3.63) is 57.9 Å². The molecule has 0 bridgehead atoms. The molecule has 6 nitrogen and oxygen atoms in total. The number of hydrogen-bond donors (Lipinski definition) is 1. The molecule has 0 unspecified atom stereocenters. The van der Waals surface area contributed by atoms with Crippen molar-refractivity contribution in [1.29, 1.82) is 0 Å². The normalized spacial score (nSPS) is 10.3. The fourth-order valence-corrected chi connectivity index (χ4v) is 4.62. The number of aryl methyl sites for hydroxylation is 1. The van der Waals surface area contributed by atoms with Gasteiger partial charge in [0.2, 0.25) is 0 Å². The monoisotopic (exact) mass is 428 g/mol. The van der Waals surface area contributed by atoms with Crippen molar-refractivity contribution in [1.82, 2.24) is 4.98 Å². The van der Waals surface area contributed by atoms with Crippen LogP contribution in [0.1, 0.15) is 14.9 Å². The van der Waals surface area contributed by atoms with Gasteiger partial charge in [0.1, 0.15) is 0 Å². The number of rotatable bonds is 5. The summed E-state index contributed by atoms with van der Waals surface area (Å²) in [5.74, 6) is 0.346. The summed E-state index contributed by atoms with van der Waals surface area (Å²) in [5, 5.41) is 9.25. The van der Waals surface area contributed by atoms with E-state index in [-0.39, 0.29) is 14.5 Å². The van der Waals surface area contributed by atoms with Crippen molar-refractivity contribution < 1.29 is 19.4 Å². The van der Waals surface area contributed by atoms with E-state index >= 15 is 0 Å². The molecule has 0 saturated heterocycles. The number of ether oxygens (including phenoxy) is 2. The van der Waals surface area contributed by atoms with Gasteiger partial charge in [-0.05, 0) is 0 Å². The van der Waals surface area contributed by atoms with E-state index in [0.29, 0.717) is 27.3 Å². The molecule has 1 heterocycles. The van der Waals surface area contributed by atoms with Gasteiger partial charge in [0, 0.05) is 0 Å². The molecule has 27 heavy (non-hydrogen) atoms. The van der Waals surface area contributed by atoms with Crippen LogP contribution in [0.5, 0.6) is 11.5 Å². The van der Waals surface area contributed by atoms with Crippen molar-refractivity contribution >= 4 is 26.2 Å². The zero-order chi connectivity index (χ0) is 19.6. The number of aromatic carboxylic acids is 1. The van der Waals surface area contributed by atoms with Crippen LogP contribution in [0.4, 0.5) is 5.69 Å². The first-order chi connectivity index (χ1) is 13.0. The molecule has 1 N–H and O–H groups in total. The SMILES string of the molecule is [C-]#[N+]c1cc(-c2nc(C)c(C(=O)O)[se]2)ccc1-c1ccc(OC)cc1OC. The van der Waals surface area contributed by atoms with E-state index in [1.807, 2.05) is 24.3 Å². The van der Waals surface area contributed by atoms with E-state index in [0.717, 1.165) is 21.3 Å². The van der Waals surface area contributed by atoms with Crippen LogP contribution in [0, 0.1) is 13.5 Å². The second-order valence-corrected chi connectivity index (χ2v) is 7.74. The Morgan fingerprint density at radius 1 is 1.15 bits per heavy atom. The molecule has 7 heteroatoms. The number of nitrogens with zero attached hydrogens (tertiary/aromatic N) is 2. The molecule has 136 valence electrons. The van der Waals surface area contributed by atoms with Gasteiger partial charge >= 0.3 is 162 Å². The summed E-state index contributed by atoms with van der Waals surface area (Å²) in [4.78, 5) is 19.3. The molecule has 3 rings (SSSR count). The van der Waals surface area contributed by atoms with Crippen molar-refractivity contribution in [3.8, 4) is 32.8 Å². The van der Waals surface area contributed by atoms with Crippen molar-refractivity contribution in [2.24, 2.45) is 0 Å². The summed E-state index contributed by atoms with van der Waals surface area (Å²) >= 11 is -0.380. The van der Waals surface area contributed by atoms with Crippen LogP contribution in [0.3, 0.4) is 0 Å². The number of carboxylic acid groups (broad SMARTS) is 1. The topological polar surface area (TPSA) is 73.0 Å². The molecule has 0 amide bonds. The summed E-state index contributed by atoms with van der Waals surface area (Å²) in [7, 11) is 3.15. The van der Waals surface area contributed by atoms with E-state index in [1.165, 1.54) is 0 Å². The summed E-state index contributed by atoms with van der Waals surface area (Å²) in [6.07, 6.45) is 0. The first-order valence-corrected chi connectivity index (χ1v) is 9.64. The minimum atomic E-state index is -0.934. The van der Waals surface area contributed by atoms with Gasteiger partial charge < -0.3 is 0 Å². The zero-order valence-electron chi connectivity index (χ0n) is 14.9. The minimum absolute atomic E-state index is 0.350. The molecule has 2 aromatic carbocycles. The van der Waals surface area contributed by atoms with Gasteiger partial charge in [-0.3, -0.25) is 0 Å². The van der Waals surface area contributed by atoms with Gasteiger partial charge in [-0.15, -0.1) is 0 Å². The van der Waals surface area contributed by atoms with Crippen LogP contribution in [0.25, 0.3) is 26.1 Å². The Kier molecular flexibility index (Phi) is 5.31. The van der Waals surface area contributed by atoms with E-state index < -0.39 is 5.97 Å². The molecule has 0 aliphatic carbocycles. The quantitative estimate of drug-likeness (QED) is 0.492. The number of carbonyl (C=O) groups is 1. The molecular formula is C20H16N2O4Se. The number of hydrogen-bond acceptors (Lipinski definition) is 4. The summed E-state index contributed by atoms with van der Waals surface area (Å²) in [6, 6.07) is 10.9. The van der Waals surface area contributed by atoms with Gasteiger partial charge in [0.25, 0.3) is 0 Å². The van der Waals surface area contributed by atoms with Crippen molar-refractivity contribution in [3.63, 3.8) is 0 Å². The van der Waals surface area contributed by atoms with Crippen LogP contribution in [-0.4, -0.2) is 44.8 Å². The van der Waals surface area contributed by atoms with E-state index in [2.05, 4.69) is 9.83 Å². The summed E-state index contributed by atoms with van der Waals surface area (Å²) < 4.78 is 11.7. The molecule has 0 saturated carbocycles. The fourth-order valence-electron chi connectivity index (χ4n) is 2.72. The third kappa shape index (κ3) is 3.59. The average molecular weight is 427 g/mol. The molecule has 0 aliphatic rings. The number of carboxylic acids is 1. The van der Waals surface area contributed by atoms with Crippen LogP contribution in [0.15, 0.2) is 36.4 Å². The van der Waals surface area contributed by atoms with Crippen molar-refractivity contribution in [2.75, 3.05) is 14.2 Å². The molecule has 1 aromatic heterocycles. The molecule has 0 aliphatic heterocycles. The van der Waals surface area contributed by atoms with Crippen LogP contribution < -0.4 is 9.47 Å². The van der Waals surface area contributed by atoms with E-state index in [4.69, 9.17) is 16.0 Å². The molecule has 0 atom stereocenters. The van der Waals surface area contributed by atoms with Crippen LogP contribution >= 0.6 is 0 Å². The number of methoxy groups -OCH3 is 2. The number of benzene rings is 2. The third-order valence-electron chi connectivity index (χ3n) is 4.05.